The molecule has 60 valence electrons. The van der Waals surface area contributed by atoms with Gasteiger partial charge in [0.05, 0.1) is 6.20 Å². The fourth-order valence-corrected chi connectivity index (χ4v) is 1.66. The van der Waals surface area contributed by atoms with Crippen LogP contribution in [0.3, 0.4) is 0 Å². The van der Waals surface area contributed by atoms with Gasteiger partial charge >= 0.3 is 0 Å². The lowest BCUT2D eigenvalue weighted by atomic mass is 10.6. The predicted molar refractivity (Wildman–Crippen MR) is 46.3 cm³/mol. The number of hydrazine groups is 1. The summed E-state index contributed by atoms with van der Waals surface area (Å²) in [5.74, 6) is 0.961. The molecule has 11 heavy (non-hydrogen) atoms. The Morgan fingerprint density at radius 1 is 1.73 bits per heavy atom. The maximum absolute atomic E-state index is 4.22. The van der Waals surface area contributed by atoms with Gasteiger partial charge in [0.25, 0.3) is 0 Å². The van der Waals surface area contributed by atoms with Crippen molar-refractivity contribution in [3.05, 3.63) is 10.8 Å². The SMILES string of the molecule is CN1NCCn2c(Br)cnc21. The molecule has 1 aliphatic heterocycles. The zero-order valence-electron chi connectivity index (χ0n) is 6.21. The highest BCUT2D eigenvalue weighted by Crippen LogP contribution is 2.19. The molecule has 0 bridgehead atoms. The number of imidazole rings is 1. The number of halogens is 1. The van der Waals surface area contributed by atoms with Crippen molar-refractivity contribution in [1.29, 1.82) is 0 Å². The molecular formula is C6H9BrN4. The molecule has 0 saturated heterocycles. The highest BCUT2D eigenvalue weighted by atomic mass is 79.9. The first kappa shape index (κ1) is 7.12. The first-order chi connectivity index (χ1) is 5.29. The molecule has 0 atom stereocenters. The number of fused-ring (bicyclic) bond motifs is 1. The molecule has 1 aliphatic rings. The molecule has 0 aromatic carbocycles. The van der Waals surface area contributed by atoms with Crippen LogP contribution in [-0.2, 0) is 6.54 Å². The normalized spacial score (nSPS) is 16.7. The standard InChI is InChI=1S/C6H9BrN4/c1-10-6-8-4-5(7)11(6)3-2-9-10/h4,9H,2-3H2,1H3. The third-order valence-corrected chi connectivity index (χ3v) is 2.40. The average molecular weight is 217 g/mol. The summed E-state index contributed by atoms with van der Waals surface area (Å²) in [6.45, 7) is 1.93. The van der Waals surface area contributed by atoms with Crippen molar-refractivity contribution in [3.63, 3.8) is 0 Å². The molecule has 5 heteroatoms. The molecule has 0 spiro atoms. The number of rotatable bonds is 0. The molecule has 0 saturated carbocycles. The zero-order chi connectivity index (χ0) is 7.84. The second kappa shape index (κ2) is 2.49. The molecule has 4 nitrogen and oxygen atoms in total. The van der Waals surface area contributed by atoms with E-state index in [1.807, 2.05) is 18.3 Å². The smallest absolute Gasteiger partial charge is 0.220 e. The van der Waals surface area contributed by atoms with Gasteiger partial charge in [-0.25, -0.2) is 10.4 Å². The summed E-state index contributed by atoms with van der Waals surface area (Å²) < 4.78 is 3.16. The molecule has 2 heterocycles. The van der Waals surface area contributed by atoms with Gasteiger partial charge in [0.2, 0.25) is 5.95 Å². The van der Waals surface area contributed by atoms with Crippen molar-refractivity contribution in [3.8, 4) is 0 Å². The number of nitrogens with zero attached hydrogens (tertiary/aromatic N) is 3. The van der Waals surface area contributed by atoms with Crippen molar-refractivity contribution < 1.29 is 0 Å². The van der Waals surface area contributed by atoms with Gasteiger partial charge < -0.3 is 4.57 Å². The molecule has 0 fully saturated rings. The third-order valence-electron chi connectivity index (χ3n) is 1.77. The fourth-order valence-electron chi connectivity index (χ4n) is 1.22. The maximum atomic E-state index is 4.22. The van der Waals surface area contributed by atoms with E-state index < -0.39 is 0 Å². The Morgan fingerprint density at radius 3 is 3.27 bits per heavy atom. The van der Waals surface area contributed by atoms with Crippen LogP contribution in [0.4, 0.5) is 5.95 Å². The maximum Gasteiger partial charge on any atom is 0.220 e. The van der Waals surface area contributed by atoms with Crippen LogP contribution in [0.1, 0.15) is 0 Å². The Balaban J connectivity index is 2.46. The van der Waals surface area contributed by atoms with E-state index in [2.05, 4.69) is 30.9 Å². The molecule has 0 aliphatic carbocycles. The molecule has 1 N–H and O–H groups in total. The quantitative estimate of drug-likeness (QED) is 0.690. The van der Waals surface area contributed by atoms with Gasteiger partial charge in [-0.1, -0.05) is 0 Å². The first-order valence-corrected chi connectivity index (χ1v) is 4.26. The minimum atomic E-state index is 0.957. The van der Waals surface area contributed by atoms with Crippen molar-refractivity contribution in [2.45, 2.75) is 6.54 Å². The topological polar surface area (TPSA) is 33.1 Å². The second-order valence-corrected chi connectivity index (χ2v) is 3.31. The summed E-state index contributed by atoms with van der Waals surface area (Å²) in [5, 5.41) is 1.92. The summed E-state index contributed by atoms with van der Waals surface area (Å²) in [4.78, 5) is 4.22. The summed E-state index contributed by atoms with van der Waals surface area (Å²) >= 11 is 3.43. The molecule has 1 aromatic rings. The van der Waals surface area contributed by atoms with E-state index in [0.717, 1.165) is 23.6 Å². The number of anilines is 1. The molecule has 1 aromatic heterocycles. The van der Waals surface area contributed by atoms with Gasteiger partial charge in [0, 0.05) is 20.1 Å². The van der Waals surface area contributed by atoms with Gasteiger partial charge in [-0.05, 0) is 15.9 Å². The highest BCUT2D eigenvalue weighted by Gasteiger charge is 2.15. The van der Waals surface area contributed by atoms with E-state index in [0.29, 0.717) is 0 Å². The third kappa shape index (κ3) is 1.04. The van der Waals surface area contributed by atoms with Gasteiger partial charge in [-0.2, -0.15) is 0 Å². The zero-order valence-corrected chi connectivity index (χ0v) is 7.80. The molecule has 0 amide bonds. The lowest BCUT2D eigenvalue weighted by Gasteiger charge is -2.26. The summed E-state index contributed by atoms with van der Waals surface area (Å²) in [7, 11) is 1.96. The Morgan fingerprint density at radius 2 is 2.55 bits per heavy atom. The van der Waals surface area contributed by atoms with E-state index >= 15 is 0 Å². The average Bonchev–Trinajstić information content (AvgIpc) is 2.35. The van der Waals surface area contributed by atoms with E-state index in [-0.39, 0.29) is 0 Å². The van der Waals surface area contributed by atoms with Crippen LogP contribution in [0.5, 0.6) is 0 Å². The second-order valence-electron chi connectivity index (χ2n) is 2.50. The van der Waals surface area contributed by atoms with Gasteiger partial charge in [-0.15, -0.1) is 0 Å². The number of aromatic nitrogens is 2. The monoisotopic (exact) mass is 216 g/mol. The summed E-state index contributed by atoms with van der Waals surface area (Å²) in [6, 6.07) is 0. The van der Waals surface area contributed by atoms with E-state index in [4.69, 9.17) is 0 Å². The van der Waals surface area contributed by atoms with Crippen LogP contribution < -0.4 is 10.4 Å². The molecule has 0 unspecified atom stereocenters. The predicted octanol–water partition coefficient (Wildman–Crippen LogP) is 0.600. The minimum Gasteiger partial charge on any atom is -0.302 e. The lowest BCUT2D eigenvalue weighted by Crippen LogP contribution is -2.42. The van der Waals surface area contributed by atoms with E-state index in [1.165, 1.54) is 0 Å². The van der Waals surface area contributed by atoms with E-state index in [9.17, 15) is 0 Å². The fraction of sp³-hybridized carbons (Fsp3) is 0.500. The Kier molecular flexibility index (Phi) is 1.61. The summed E-state index contributed by atoms with van der Waals surface area (Å²) in [6.07, 6.45) is 1.82. The Bertz CT molecular complexity index is 270. The number of hydrogen-bond donors (Lipinski definition) is 1. The van der Waals surface area contributed by atoms with Gasteiger partial charge in [0.1, 0.15) is 4.60 Å². The molecule has 2 rings (SSSR count). The Labute approximate surface area is 73.3 Å². The van der Waals surface area contributed by atoms with Crippen LogP contribution in [0, 0.1) is 0 Å². The Hall–Kier alpha value is -0.550. The van der Waals surface area contributed by atoms with Crippen molar-refractivity contribution in [2.24, 2.45) is 0 Å². The van der Waals surface area contributed by atoms with Crippen molar-refractivity contribution in [2.75, 3.05) is 18.6 Å². The van der Waals surface area contributed by atoms with Crippen LogP contribution >= 0.6 is 15.9 Å². The van der Waals surface area contributed by atoms with Gasteiger partial charge in [0.15, 0.2) is 0 Å². The summed E-state index contributed by atoms with van der Waals surface area (Å²) in [5.41, 5.74) is 3.18. The molecule has 0 radical (unpaired) electrons. The van der Waals surface area contributed by atoms with E-state index in [1.54, 1.807) is 0 Å². The van der Waals surface area contributed by atoms with Crippen LogP contribution in [0.15, 0.2) is 10.8 Å². The molecular weight excluding hydrogens is 208 g/mol. The largest absolute Gasteiger partial charge is 0.302 e. The van der Waals surface area contributed by atoms with Crippen LogP contribution in [0.25, 0.3) is 0 Å². The van der Waals surface area contributed by atoms with Crippen molar-refractivity contribution in [1.82, 2.24) is 15.0 Å². The number of hydrogen-bond acceptors (Lipinski definition) is 3. The first-order valence-electron chi connectivity index (χ1n) is 3.47. The highest BCUT2D eigenvalue weighted by molar-refractivity contribution is 9.10. The van der Waals surface area contributed by atoms with Gasteiger partial charge in [-0.3, -0.25) is 5.01 Å². The van der Waals surface area contributed by atoms with Crippen LogP contribution in [-0.4, -0.2) is 23.1 Å². The van der Waals surface area contributed by atoms with Crippen LogP contribution in [0.2, 0.25) is 0 Å². The lowest BCUT2D eigenvalue weighted by molar-refractivity contribution is 0.520. The number of nitrogens with one attached hydrogen (secondary N) is 1. The minimum absolute atomic E-state index is 0.957. The van der Waals surface area contributed by atoms with Crippen molar-refractivity contribution >= 4 is 21.9 Å².